The monoisotopic (exact) mass is 315 g/mol. The molecule has 0 N–H and O–H groups in total. The van der Waals surface area contributed by atoms with Crippen molar-refractivity contribution in [2.45, 2.75) is 39.3 Å². The fraction of sp³-hybridized carbons (Fsp3) is 0.769. The Morgan fingerprint density at radius 2 is 2.17 bits per heavy atom. The number of aryl methyl sites for hydroxylation is 2. The minimum Gasteiger partial charge on any atom is -0.373 e. The Morgan fingerprint density at radius 1 is 1.44 bits per heavy atom. The maximum absolute atomic E-state index is 5.74. The van der Waals surface area contributed by atoms with Gasteiger partial charge in [0.15, 0.2) is 0 Å². The van der Waals surface area contributed by atoms with Crippen LogP contribution in [-0.2, 0) is 24.8 Å². The highest BCUT2D eigenvalue weighted by molar-refractivity contribution is 9.10. The predicted molar refractivity (Wildman–Crippen MR) is 75.6 cm³/mol. The first-order chi connectivity index (χ1) is 8.43. The number of aromatic nitrogens is 2. The Hall–Kier alpha value is -0.390. The molecular formula is C13H22BrN3O. The van der Waals surface area contributed by atoms with E-state index in [9.17, 15) is 0 Å². The molecule has 1 saturated heterocycles. The van der Waals surface area contributed by atoms with Crippen molar-refractivity contribution in [3.63, 3.8) is 0 Å². The van der Waals surface area contributed by atoms with Crippen LogP contribution in [0.2, 0.25) is 0 Å². The Kier molecular flexibility index (Phi) is 4.14. The number of ether oxygens (including phenoxy) is 1. The van der Waals surface area contributed by atoms with E-state index in [-0.39, 0.29) is 5.60 Å². The van der Waals surface area contributed by atoms with Gasteiger partial charge < -0.3 is 4.74 Å². The van der Waals surface area contributed by atoms with Crippen LogP contribution in [0.3, 0.4) is 0 Å². The third kappa shape index (κ3) is 2.95. The lowest BCUT2D eigenvalue weighted by Crippen LogP contribution is -2.47. The molecule has 1 fully saturated rings. The van der Waals surface area contributed by atoms with Gasteiger partial charge in [-0.05, 0) is 36.2 Å². The fourth-order valence-corrected chi connectivity index (χ4v) is 3.19. The average Bonchev–Trinajstić information content (AvgIpc) is 2.55. The average molecular weight is 316 g/mol. The molecule has 0 aromatic carbocycles. The number of hydrogen-bond donors (Lipinski definition) is 0. The van der Waals surface area contributed by atoms with Gasteiger partial charge in [-0.15, -0.1) is 0 Å². The highest BCUT2D eigenvalue weighted by Gasteiger charge is 2.28. The lowest BCUT2D eigenvalue weighted by atomic mass is 10.1. The maximum Gasteiger partial charge on any atom is 0.0767 e. The summed E-state index contributed by atoms with van der Waals surface area (Å²) in [7, 11) is 2.02. The van der Waals surface area contributed by atoms with Crippen molar-refractivity contribution in [3.05, 3.63) is 15.9 Å². The lowest BCUT2D eigenvalue weighted by Gasteiger charge is -2.38. The van der Waals surface area contributed by atoms with Crippen LogP contribution in [-0.4, -0.2) is 40.0 Å². The topological polar surface area (TPSA) is 30.3 Å². The molecule has 2 heterocycles. The van der Waals surface area contributed by atoms with E-state index in [1.165, 1.54) is 5.69 Å². The van der Waals surface area contributed by atoms with E-state index in [1.54, 1.807) is 0 Å². The van der Waals surface area contributed by atoms with Crippen molar-refractivity contribution in [2.24, 2.45) is 7.05 Å². The second kappa shape index (κ2) is 5.31. The molecule has 5 heteroatoms. The predicted octanol–water partition coefficient (Wildman–Crippen LogP) is 2.36. The number of nitrogens with zero attached hydrogens (tertiary/aromatic N) is 3. The quantitative estimate of drug-likeness (QED) is 0.857. The fourth-order valence-electron chi connectivity index (χ4n) is 2.45. The molecule has 0 saturated carbocycles. The smallest absolute Gasteiger partial charge is 0.0767 e. The van der Waals surface area contributed by atoms with E-state index < -0.39 is 0 Å². The Labute approximate surface area is 117 Å². The van der Waals surface area contributed by atoms with Gasteiger partial charge in [-0.1, -0.05) is 6.92 Å². The SMILES string of the molecule is CCc1nn(C)c(CN2CCOC(C)(C)C2)c1Br. The molecule has 2 rings (SSSR count). The first kappa shape index (κ1) is 14.0. The van der Waals surface area contributed by atoms with Gasteiger partial charge in [-0.25, -0.2) is 0 Å². The van der Waals surface area contributed by atoms with Gasteiger partial charge in [0.1, 0.15) is 0 Å². The third-order valence-corrected chi connectivity index (χ3v) is 4.30. The second-order valence-electron chi connectivity index (χ2n) is 5.50. The Bertz CT molecular complexity index is 428. The number of hydrogen-bond acceptors (Lipinski definition) is 3. The molecule has 0 unspecified atom stereocenters. The lowest BCUT2D eigenvalue weighted by molar-refractivity contribution is -0.0887. The minimum absolute atomic E-state index is 0.0447. The van der Waals surface area contributed by atoms with Crippen LogP contribution in [0.1, 0.15) is 32.2 Å². The van der Waals surface area contributed by atoms with E-state index in [0.717, 1.165) is 42.8 Å². The van der Waals surface area contributed by atoms with Crippen LogP contribution in [0.5, 0.6) is 0 Å². The Morgan fingerprint density at radius 3 is 2.72 bits per heavy atom. The summed E-state index contributed by atoms with van der Waals surface area (Å²) in [5, 5.41) is 4.54. The van der Waals surface area contributed by atoms with Crippen molar-refractivity contribution in [3.8, 4) is 0 Å². The normalized spacial score (nSPS) is 20.3. The molecule has 0 radical (unpaired) electrons. The number of morpholine rings is 1. The second-order valence-corrected chi connectivity index (χ2v) is 6.30. The zero-order valence-corrected chi connectivity index (χ0v) is 13.2. The van der Waals surface area contributed by atoms with Crippen LogP contribution < -0.4 is 0 Å². The first-order valence-corrected chi connectivity index (χ1v) is 7.29. The molecule has 102 valence electrons. The first-order valence-electron chi connectivity index (χ1n) is 6.49. The molecule has 0 amide bonds. The van der Waals surface area contributed by atoms with Gasteiger partial charge in [0.2, 0.25) is 0 Å². The van der Waals surface area contributed by atoms with Crippen LogP contribution in [0, 0.1) is 0 Å². The molecule has 0 aliphatic carbocycles. The van der Waals surface area contributed by atoms with Gasteiger partial charge >= 0.3 is 0 Å². The van der Waals surface area contributed by atoms with Crippen molar-refractivity contribution >= 4 is 15.9 Å². The molecule has 1 aliphatic rings. The molecule has 0 spiro atoms. The van der Waals surface area contributed by atoms with Crippen molar-refractivity contribution in [1.29, 1.82) is 0 Å². The van der Waals surface area contributed by atoms with Crippen molar-refractivity contribution < 1.29 is 4.74 Å². The standard InChI is InChI=1S/C13H22BrN3O/c1-5-10-12(14)11(16(4)15-10)8-17-6-7-18-13(2,3)9-17/h5-9H2,1-4H3. The highest BCUT2D eigenvalue weighted by Crippen LogP contribution is 2.25. The largest absolute Gasteiger partial charge is 0.373 e. The van der Waals surface area contributed by atoms with Gasteiger partial charge in [0, 0.05) is 26.7 Å². The summed E-state index contributed by atoms with van der Waals surface area (Å²) in [4.78, 5) is 2.44. The highest BCUT2D eigenvalue weighted by atomic mass is 79.9. The molecule has 1 aromatic rings. The zero-order valence-electron chi connectivity index (χ0n) is 11.7. The van der Waals surface area contributed by atoms with Gasteiger partial charge in [-0.3, -0.25) is 9.58 Å². The van der Waals surface area contributed by atoms with E-state index in [2.05, 4.69) is 46.7 Å². The maximum atomic E-state index is 5.74. The summed E-state index contributed by atoms with van der Waals surface area (Å²) in [6.45, 7) is 10.1. The van der Waals surface area contributed by atoms with Gasteiger partial charge in [-0.2, -0.15) is 5.10 Å². The summed E-state index contributed by atoms with van der Waals surface area (Å²) < 4.78 is 8.90. The summed E-state index contributed by atoms with van der Waals surface area (Å²) in [5.74, 6) is 0. The molecule has 0 bridgehead atoms. The van der Waals surface area contributed by atoms with Gasteiger partial charge in [0.25, 0.3) is 0 Å². The van der Waals surface area contributed by atoms with Crippen molar-refractivity contribution in [1.82, 2.24) is 14.7 Å². The molecule has 0 atom stereocenters. The van der Waals surface area contributed by atoms with Crippen LogP contribution in [0.15, 0.2) is 4.47 Å². The van der Waals surface area contributed by atoms with Crippen LogP contribution in [0.4, 0.5) is 0 Å². The molecule has 18 heavy (non-hydrogen) atoms. The van der Waals surface area contributed by atoms with Crippen molar-refractivity contribution in [2.75, 3.05) is 19.7 Å². The molecule has 1 aromatic heterocycles. The number of halogens is 1. The summed E-state index contributed by atoms with van der Waals surface area (Å²) in [6.07, 6.45) is 0.961. The molecular weight excluding hydrogens is 294 g/mol. The van der Waals surface area contributed by atoms with E-state index in [1.807, 2.05) is 11.7 Å². The van der Waals surface area contributed by atoms with E-state index in [4.69, 9.17) is 4.74 Å². The third-order valence-electron chi connectivity index (χ3n) is 3.38. The molecule has 4 nitrogen and oxygen atoms in total. The summed E-state index contributed by atoms with van der Waals surface area (Å²) >= 11 is 3.68. The zero-order chi connectivity index (χ0) is 13.3. The van der Waals surface area contributed by atoms with E-state index >= 15 is 0 Å². The van der Waals surface area contributed by atoms with Gasteiger partial charge in [0.05, 0.1) is 28.1 Å². The minimum atomic E-state index is -0.0447. The molecule has 1 aliphatic heterocycles. The number of rotatable bonds is 3. The summed E-state index contributed by atoms with van der Waals surface area (Å²) in [5.41, 5.74) is 2.35. The summed E-state index contributed by atoms with van der Waals surface area (Å²) in [6, 6.07) is 0. The van der Waals surface area contributed by atoms with Crippen LogP contribution >= 0.6 is 15.9 Å². The van der Waals surface area contributed by atoms with Crippen LogP contribution in [0.25, 0.3) is 0 Å². The Balaban J connectivity index is 2.12. The van der Waals surface area contributed by atoms with E-state index in [0.29, 0.717) is 0 Å².